The van der Waals surface area contributed by atoms with Crippen molar-refractivity contribution in [1.82, 2.24) is 0 Å². The summed E-state index contributed by atoms with van der Waals surface area (Å²) in [6.45, 7) is 25.3. The number of ether oxygens (including phenoxy) is 2. The molecule has 0 aromatic heterocycles. The van der Waals surface area contributed by atoms with Crippen LogP contribution in [0.15, 0.2) is 50.6 Å². The van der Waals surface area contributed by atoms with Gasteiger partial charge in [-0.25, -0.2) is 0 Å². The Morgan fingerprint density at radius 3 is 1.11 bits per heavy atom. The second-order valence-corrected chi connectivity index (χ2v) is 6.11. The zero-order valence-electron chi connectivity index (χ0n) is 24.0. The van der Waals surface area contributed by atoms with E-state index < -0.39 is 0 Å². The lowest BCUT2D eigenvalue weighted by atomic mass is 10.2. The largest absolute Gasteiger partial charge is 0.466 e. The molecule has 0 unspecified atom stereocenters. The fourth-order valence-electron chi connectivity index (χ4n) is 1.17. The van der Waals surface area contributed by atoms with Crippen LogP contribution in [0.5, 0.6) is 0 Å². The summed E-state index contributed by atoms with van der Waals surface area (Å²) in [6, 6.07) is 0. The molecule has 36 heavy (non-hydrogen) atoms. The minimum Gasteiger partial charge on any atom is -0.466 e. The molecular weight excluding hydrogens is 464 g/mol. The first kappa shape index (κ1) is 50.6. The predicted molar refractivity (Wildman–Crippen MR) is 153 cm³/mol. The first-order valence-corrected chi connectivity index (χ1v) is 12.2. The molecular formula is C28H58O8. The Morgan fingerprint density at radius 2 is 0.889 bits per heavy atom. The lowest BCUT2D eigenvalue weighted by Gasteiger charge is -2.03. The van der Waals surface area contributed by atoms with Crippen molar-refractivity contribution >= 4 is 11.9 Å². The van der Waals surface area contributed by atoms with E-state index in [1.54, 1.807) is 31.2 Å². The van der Waals surface area contributed by atoms with Crippen molar-refractivity contribution in [3.8, 4) is 0 Å². The molecule has 0 radical (unpaired) electrons. The molecule has 8 heteroatoms. The minimum absolute atomic E-state index is 0.125. The molecule has 0 amide bonds. The molecule has 0 bridgehead atoms. The maximum Gasteiger partial charge on any atom is 0.305 e. The molecule has 218 valence electrons. The average Bonchev–Trinajstić information content (AvgIpc) is 2.84. The smallest absolute Gasteiger partial charge is 0.305 e. The van der Waals surface area contributed by atoms with Crippen molar-refractivity contribution in [2.24, 2.45) is 0 Å². The van der Waals surface area contributed by atoms with Gasteiger partial charge in [-0.1, -0.05) is 37.6 Å². The fourth-order valence-corrected chi connectivity index (χ4v) is 1.17. The zero-order chi connectivity index (χ0) is 29.9. The predicted octanol–water partition coefficient (Wildman–Crippen LogP) is 5.16. The van der Waals surface area contributed by atoms with Gasteiger partial charge in [0.25, 0.3) is 0 Å². The Balaban J connectivity index is -0.0000000684. The molecule has 0 atom stereocenters. The van der Waals surface area contributed by atoms with Gasteiger partial charge in [-0.3, -0.25) is 9.59 Å². The monoisotopic (exact) mass is 522 g/mol. The van der Waals surface area contributed by atoms with Crippen molar-refractivity contribution in [2.45, 2.75) is 80.1 Å². The molecule has 0 aromatic carbocycles. The third kappa shape index (κ3) is 138. The van der Waals surface area contributed by atoms with E-state index in [0.717, 1.165) is 12.8 Å². The molecule has 0 saturated carbocycles. The molecule has 0 aliphatic carbocycles. The van der Waals surface area contributed by atoms with E-state index in [2.05, 4.69) is 26.3 Å². The Labute approximate surface area is 222 Å². The number of esters is 2. The van der Waals surface area contributed by atoms with Crippen LogP contribution in [0.2, 0.25) is 0 Å². The summed E-state index contributed by atoms with van der Waals surface area (Å²) < 4.78 is 9.76. The second-order valence-electron chi connectivity index (χ2n) is 6.11. The molecule has 0 aliphatic rings. The van der Waals surface area contributed by atoms with E-state index in [0.29, 0.717) is 38.9 Å². The lowest BCUT2D eigenvalue weighted by Crippen LogP contribution is -2.07. The quantitative estimate of drug-likeness (QED) is 0.166. The number of hydrogen-bond acceptors (Lipinski definition) is 8. The Kier molecular flexibility index (Phi) is 98.1. The van der Waals surface area contributed by atoms with Crippen LogP contribution in [0.25, 0.3) is 0 Å². The van der Waals surface area contributed by atoms with E-state index in [-0.39, 0.29) is 38.4 Å². The van der Waals surface area contributed by atoms with Gasteiger partial charge in [0.05, 0.1) is 39.6 Å². The maximum absolute atomic E-state index is 11.1. The third-order valence-electron chi connectivity index (χ3n) is 2.28. The molecule has 4 N–H and O–H groups in total. The number of hydrogen-bond donors (Lipinski definition) is 4. The van der Waals surface area contributed by atoms with Crippen LogP contribution in [0, 0.1) is 0 Å². The Hall–Kier alpha value is -2.26. The van der Waals surface area contributed by atoms with Crippen LogP contribution in [0.4, 0.5) is 0 Å². The average molecular weight is 523 g/mol. The van der Waals surface area contributed by atoms with Crippen LogP contribution in [0.3, 0.4) is 0 Å². The van der Waals surface area contributed by atoms with Crippen molar-refractivity contribution in [2.75, 3.05) is 39.6 Å². The minimum atomic E-state index is -0.193. The third-order valence-corrected chi connectivity index (χ3v) is 2.28. The molecule has 0 spiro atoms. The number of aliphatic hydroxyl groups excluding tert-OH is 4. The summed E-state index contributed by atoms with van der Waals surface area (Å²) in [5, 5.41) is 30.5. The van der Waals surface area contributed by atoms with Gasteiger partial charge in [-0.15, -0.1) is 26.3 Å². The summed E-state index contributed by atoms with van der Waals surface area (Å²) in [6.07, 6.45) is 11.1. The Bertz CT molecular complexity index is 378. The number of allylic oxidation sites excluding steroid dienone is 4. The lowest BCUT2D eigenvalue weighted by molar-refractivity contribution is -0.145. The van der Waals surface area contributed by atoms with Gasteiger partial charge in [0, 0.05) is 12.8 Å². The van der Waals surface area contributed by atoms with Gasteiger partial charge in [-0.2, -0.15) is 0 Å². The van der Waals surface area contributed by atoms with Crippen molar-refractivity contribution in [3.63, 3.8) is 0 Å². The van der Waals surface area contributed by atoms with Gasteiger partial charge in [0.1, 0.15) is 0 Å². The molecule has 8 nitrogen and oxygen atoms in total. The number of carbonyl (C=O) groups is 2. The van der Waals surface area contributed by atoms with E-state index in [1.165, 1.54) is 0 Å². The first-order valence-electron chi connectivity index (χ1n) is 12.2. The van der Waals surface area contributed by atoms with Crippen molar-refractivity contribution in [3.05, 3.63) is 50.6 Å². The zero-order valence-corrected chi connectivity index (χ0v) is 24.0. The number of unbranched alkanes of at least 4 members (excludes halogenated alkanes) is 2. The summed E-state index contributed by atoms with van der Waals surface area (Å²) in [5.74, 6) is -0.362. The van der Waals surface area contributed by atoms with Gasteiger partial charge in [0.15, 0.2) is 0 Å². The van der Waals surface area contributed by atoms with E-state index in [4.69, 9.17) is 29.9 Å². The van der Waals surface area contributed by atoms with Crippen LogP contribution in [-0.2, 0) is 19.1 Å². The van der Waals surface area contributed by atoms with Crippen molar-refractivity contribution in [1.29, 1.82) is 0 Å². The van der Waals surface area contributed by atoms with Crippen LogP contribution < -0.4 is 0 Å². The standard InChI is InChI=1S/C12H22O4.4C3H6.2C2H6O2/c1-3-5-10-16-12(14)9-7-6-8-11(13)15-4-2;4*1-3-2;2*3-1-2-4/h3-10H2,1-2H3;4*3H,1H2,2H3;2*3-4H,1-2H2. The Morgan fingerprint density at radius 1 is 0.611 bits per heavy atom. The number of aliphatic hydroxyl groups is 4. The number of rotatable bonds is 11. The van der Waals surface area contributed by atoms with Gasteiger partial charge in [-0.05, 0) is 53.9 Å². The highest BCUT2D eigenvalue weighted by atomic mass is 16.5. The maximum atomic E-state index is 11.1. The summed E-state index contributed by atoms with van der Waals surface area (Å²) in [5.41, 5.74) is 0. The summed E-state index contributed by atoms with van der Waals surface area (Å²) in [7, 11) is 0. The molecule has 0 aromatic rings. The molecule has 0 rings (SSSR count). The normalized spacial score (nSPS) is 7.50. The highest BCUT2D eigenvalue weighted by Gasteiger charge is 2.05. The SMILES string of the molecule is C=CC.C=CC.C=CC.C=CC.CCCCOC(=O)CCCCC(=O)OCC.OCCO.OCCO. The van der Waals surface area contributed by atoms with E-state index in [9.17, 15) is 9.59 Å². The highest BCUT2D eigenvalue weighted by Crippen LogP contribution is 2.03. The van der Waals surface area contributed by atoms with Crippen molar-refractivity contribution < 1.29 is 39.5 Å². The van der Waals surface area contributed by atoms with Crippen LogP contribution in [-0.4, -0.2) is 72.0 Å². The van der Waals surface area contributed by atoms with E-state index >= 15 is 0 Å². The summed E-state index contributed by atoms with van der Waals surface area (Å²) in [4.78, 5) is 22.1. The van der Waals surface area contributed by atoms with E-state index in [1.807, 2.05) is 34.6 Å². The highest BCUT2D eigenvalue weighted by molar-refractivity contribution is 5.70. The van der Waals surface area contributed by atoms with Crippen LogP contribution in [0.1, 0.15) is 80.1 Å². The van der Waals surface area contributed by atoms with Crippen LogP contribution >= 0.6 is 0 Å². The summed E-state index contributed by atoms with van der Waals surface area (Å²) >= 11 is 0. The topological polar surface area (TPSA) is 134 Å². The van der Waals surface area contributed by atoms with Gasteiger partial charge in [0.2, 0.25) is 0 Å². The molecule has 0 saturated heterocycles. The molecule has 0 fully saturated rings. The second kappa shape index (κ2) is 69.8. The number of carbonyl (C=O) groups excluding carboxylic acids is 2. The fraction of sp³-hybridized carbons (Fsp3) is 0.643. The van der Waals surface area contributed by atoms with Gasteiger partial charge >= 0.3 is 11.9 Å². The molecule has 0 aliphatic heterocycles. The first-order chi connectivity index (χ1) is 17.2. The molecule has 0 heterocycles. The van der Waals surface area contributed by atoms with Gasteiger partial charge < -0.3 is 29.9 Å².